The topological polar surface area (TPSA) is 93.1 Å². The third-order valence-electron chi connectivity index (χ3n) is 6.73. The molecular weight excluding hydrogens is 444 g/mol. The second kappa shape index (κ2) is 9.25. The van der Waals surface area contributed by atoms with E-state index < -0.39 is 5.92 Å². The number of hydrogen-bond donors (Lipinski definition) is 1. The van der Waals surface area contributed by atoms with Gasteiger partial charge in [-0.15, -0.1) is 0 Å². The lowest BCUT2D eigenvalue weighted by molar-refractivity contribution is -0.134. The molecule has 5 rings (SSSR count). The number of aromatic amines is 1. The zero-order valence-corrected chi connectivity index (χ0v) is 18.8. The minimum atomic E-state index is -2.64. The Morgan fingerprint density at radius 3 is 2.59 bits per heavy atom. The highest BCUT2D eigenvalue weighted by Gasteiger charge is 2.36. The Balaban J connectivity index is 1.39. The van der Waals surface area contributed by atoms with Crippen molar-refractivity contribution in [2.75, 3.05) is 26.3 Å². The molecule has 0 unspecified atom stereocenters. The lowest BCUT2D eigenvalue weighted by Gasteiger charge is -2.28. The molecule has 1 aliphatic heterocycles. The van der Waals surface area contributed by atoms with Crippen LogP contribution in [0.3, 0.4) is 0 Å². The van der Waals surface area contributed by atoms with Gasteiger partial charge in [-0.25, -0.2) is 18.4 Å². The molecule has 1 aliphatic carbocycles. The van der Waals surface area contributed by atoms with Crippen molar-refractivity contribution in [3.8, 4) is 0 Å². The fourth-order valence-electron chi connectivity index (χ4n) is 4.77. The van der Waals surface area contributed by atoms with E-state index in [9.17, 15) is 18.4 Å². The molecule has 34 heavy (non-hydrogen) atoms. The summed E-state index contributed by atoms with van der Waals surface area (Å²) in [5.74, 6) is -2.15. The number of halogens is 2. The Hall–Kier alpha value is -3.14. The minimum Gasteiger partial charge on any atom is -0.378 e. The lowest BCUT2D eigenvalue weighted by Crippen LogP contribution is -2.41. The fraction of sp³-hybridized carbons (Fsp3) is 0.500. The first kappa shape index (κ1) is 22.6. The number of H-pyrrole nitrogens is 1. The van der Waals surface area contributed by atoms with Gasteiger partial charge in [0.15, 0.2) is 5.65 Å². The zero-order valence-electron chi connectivity index (χ0n) is 18.8. The van der Waals surface area contributed by atoms with E-state index in [1.54, 1.807) is 9.58 Å². The third kappa shape index (κ3) is 4.72. The Kier molecular flexibility index (Phi) is 6.16. The number of amides is 1. The van der Waals surface area contributed by atoms with Gasteiger partial charge in [-0.3, -0.25) is 9.59 Å². The van der Waals surface area contributed by atoms with Crippen molar-refractivity contribution in [2.24, 2.45) is 0 Å². The van der Waals surface area contributed by atoms with E-state index in [4.69, 9.17) is 4.74 Å². The summed E-state index contributed by atoms with van der Waals surface area (Å²) in [6, 6.07) is 7.40. The molecule has 2 fully saturated rings. The van der Waals surface area contributed by atoms with Crippen LogP contribution in [0.15, 0.2) is 35.3 Å². The Labute approximate surface area is 194 Å². The van der Waals surface area contributed by atoms with Crippen molar-refractivity contribution in [1.29, 1.82) is 0 Å². The average molecular weight is 472 g/mol. The number of morpholine rings is 1. The van der Waals surface area contributed by atoms with E-state index in [-0.39, 0.29) is 36.8 Å². The Morgan fingerprint density at radius 1 is 1.15 bits per heavy atom. The molecule has 1 N–H and O–H groups in total. The number of rotatable bonds is 5. The van der Waals surface area contributed by atoms with E-state index in [0.717, 1.165) is 11.1 Å². The maximum Gasteiger partial charge on any atom is 0.262 e. The molecular formula is C24H27F2N5O3. The van der Waals surface area contributed by atoms with Gasteiger partial charge in [0.25, 0.3) is 5.56 Å². The number of nitrogens with zero attached hydrogens (tertiary/aromatic N) is 4. The zero-order chi connectivity index (χ0) is 23.7. The fourth-order valence-corrected chi connectivity index (χ4v) is 4.77. The van der Waals surface area contributed by atoms with Crippen LogP contribution < -0.4 is 5.56 Å². The van der Waals surface area contributed by atoms with Gasteiger partial charge in [0.2, 0.25) is 11.8 Å². The van der Waals surface area contributed by atoms with Crippen molar-refractivity contribution in [1.82, 2.24) is 24.6 Å². The van der Waals surface area contributed by atoms with Crippen LogP contribution >= 0.6 is 0 Å². The summed E-state index contributed by atoms with van der Waals surface area (Å²) in [5, 5.41) is 4.66. The van der Waals surface area contributed by atoms with Crippen LogP contribution in [-0.4, -0.2) is 62.8 Å². The van der Waals surface area contributed by atoms with Crippen LogP contribution in [0.5, 0.6) is 0 Å². The van der Waals surface area contributed by atoms with Crippen LogP contribution in [0.1, 0.15) is 48.7 Å². The number of nitrogens with one attached hydrogen (secondary N) is 1. The van der Waals surface area contributed by atoms with Crippen LogP contribution in [0.4, 0.5) is 8.78 Å². The van der Waals surface area contributed by atoms with E-state index in [0.29, 0.717) is 62.4 Å². The molecule has 2 aliphatic rings. The number of alkyl halides is 2. The van der Waals surface area contributed by atoms with E-state index in [1.165, 1.54) is 6.20 Å². The van der Waals surface area contributed by atoms with Crippen molar-refractivity contribution in [2.45, 2.75) is 50.5 Å². The van der Waals surface area contributed by atoms with Gasteiger partial charge in [-0.05, 0) is 24.0 Å². The summed E-state index contributed by atoms with van der Waals surface area (Å²) < 4.78 is 34.2. The molecule has 180 valence electrons. The average Bonchev–Trinajstić information content (AvgIpc) is 3.25. The van der Waals surface area contributed by atoms with Crippen molar-refractivity contribution in [3.05, 3.63) is 57.8 Å². The first-order valence-electron chi connectivity index (χ1n) is 11.7. The number of ether oxygens (including phenoxy) is 1. The summed E-state index contributed by atoms with van der Waals surface area (Å²) >= 11 is 0. The van der Waals surface area contributed by atoms with Gasteiger partial charge in [0.1, 0.15) is 11.2 Å². The summed E-state index contributed by atoms with van der Waals surface area (Å²) in [5.41, 5.74) is 1.88. The highest BCUT2D eigenvalue weighted by molar-refractivity contribution is 5.79. The maximum atomic E-state index is 13.6. The predicted octanol–water partition coefficient (Wildman–Crippen LogP) is 2.86. The van der Waals surface area contributed by atoms with Gasteiger partial charge in [0.05, 0.1) is 31.9 Å². The summed E-state index contributed by atoms with van der Waals surface area (Å²) in [6.45, 7) is 2.27. The van der Waals surface area contributed by atoms with Gasteiger partial charge in [-0.1, -0.05) is 24.3 Å². The molecule has 8 nitrogen and oxygen atoms in total. The van der Waals surface area contributed by atoms with E-state index >= 15 is 0 Å². The van der Waals surface area contributed by atoms with Crippen LogP contribution in [0.25, 0.3) is 11.0 Å². The van der Waals surface area contributed by atoms with Crippen molar-refractivity contribution >= 4 is 16.9 Å². The van der Waals surface area contributed by atoms with Crippen molar-refractivity contribution < 1.29 is 18.3 Å². The van der Waals surface area contributed by atoms with Gasteiger partial charge < -0.3 is 14.6 Å². The summed E-state index contributed by atoms with van der Waals surface area (Å²) in [6.07, 6.45) is 2.24. The third-order valence-corrected chi connectivity index (χ3v) is 6.73. The molecule has 3 aromatic rings. The first-order chi connectivity index (χ1) is 16.4. The van der Waals surface area contributed by atoms with Crippen LogP contribution in [-0.2, 0) is 22.4 Å². The molecule has 10 heteroatoms. The highest BCUT2D eigenvalue weighted by atomic mass is 19.3. The van der Waals surface area contributed by atoms with Crippen LogP contribution in [0.2, 0.25) is 0 Å². The van der Waals surface area contributed by atoms with Gasteiger partial charge in [-0.2, -0.15) is 5.10 Å². The predicted molar refractivity (Wildman–Crippen MR) is 121 cm³/mol. The van der Waals surface area contributed by atoms with Crippen LogP contribution in [0, 0.1) is 0 Å². The Morgan fingerprint density at radius 2 is 1.85 bits per heavy atom. The number of carbonyl (C=O) groups is 1. The molecule has 1 saturated carbocycles. The molecule has 3 heterocycles. The van der Waals surface area contributed by atoms with E-state index in [1.807, 2.05) is 24.3 Å². The van der Waals surface area contributed by atoms with E-state index in [2.05, 4.69) is 15.1 Å². The molecule has 0 radical (unpaired) electrons. The van der Waals surface area contributed by atoms with Gasteiger partial charge >= 0.3 is 0 Å². The second-order valence-corrected chi connectivity index (χ2v) is 9.04. The quantitative estimate of drug-likeness (QED) is 0.618. The molecule has 0 spiro atoms. The highest BCUT2D eigenvalue weighted by Crippen LogP contribution is 2.38. The lowest BCUT2D eigenvalue weighted by atomic mass is 9.92. The van der Waals surface area contributed by atoms with Crippen molar-refractivity contribution in [3.63, 3.8) is 0 Å². The SMILES string of the molecule is O=C(Cc1ccccc1Cc1nc2c(cnn2C2CCC(F)(F)CC2)c(=O)[nH]1)N1CCOCC1. The minimum absolute atomic E-state index is 0.0415. The standard InChI is InChI=1S/C24H27F2N5O3/c25-24(26)7-5-18(6-8-24)31-22-19(15-27-31)23(33)29-20(28-22)13-16-3-1-2-4-17(16)14-21(32)30-9-11-34-12-10-30/h1-4,15,18H,5-14H2,(H,28,29,33). The normalized spacial score (nSPS) is 18.9. The molecule has 1 amide bonds. The number of carbonyl (C=O) groups excluding carboxylic acids is 1. The molecule has 1 saturated heterocycles. The smallest absolute Gasteiger partial charge is 0.262 e. The first-order valence-corrected chi connectivity index (χ1v) is 11.7. The summed E-state index contributed by atoms with van der Waals surface area (Å²) in [4.78, 5) is 34.8. The maximum absolute atomic E-state index is 13.6. The molecule has 0 atom stereocenters. The molecule has 2 aromatic heterocycles. The monoisotopic (exact) mass is 471 g/mol. The second-order valence-electron chi connectivity index (χ2n) is 9.04. The summed E-state index contributed by atoms with van der Waals surface area (Å²) in [7, 11) is 0. The Bertz CT molecular complexity index is 1240. The number of hydrogen-bond acceptors (Lipinski definition) is 5. The molecule has 1 aromatic carbocycles. The number of aromatic nitrogens is 4. The van der Waals surface area contributed by atoms with Gasteiger partial charge in [0, 0.05) is 32.4 Å². The largest absolute Gasteiger partial charge is 0.378 e. The number of benzene rings is 1. The number of fused-ring (bicyclic) bond motifs is 1. The molecule has 0 bridgehead atoms.